The molecule has 16 saturated carbocycles. The number of carbonyl (C=O) groups is 2. The average molecular weight is 1590 g/mol. The fourth-order valence-corrected chi connectivity index (χ4v) is 33.3. The molecule has 4 aromatic rings. The van der Waals surface area contributed by atoms with E-state index in [1.54, 1.807) is 11.0 Å². The van der Waals surface area contributed by atoms with Gasteiger partial charge in [-0.1, -0.05) is 59.3 Å². The van der Waals surface area contributed by atoms with Gasteiger partial charge in [-0.05, 0) is 410 Å². The van der Waals surface area contributed by atoms with Gasteiger partial charge in [0, 0.05) is 48.6 Å². The summed E-state index contributed by atoms with van der Waals surface area (Å²) in [5, 5.41) is 66.9. The van der Waals surface area contributed by atoms with Gasteiger partial charge in [0.1, 0.15) is 37.3 Å². The third-order valence-corrected chi connectivity index (χ3v) is 38.5. The van der Waals surface area contributed by atoms with Gasteiger partial charge in [-0.2, -0.15) is 9.90 Å². The summed E-state index contributed by atoms with van der Waals surface area (Å²) in [6.45, 7) is 26.2. The number of aliphatic hydroxyl groups excluding tert-OH is 1. The zero-order chi connectivity index (χ0) is 79.7. The van der Waals surface area contributed by atoms with E-state index in [0.29, 0.717) is 76.3 Å². The summed E-state index contributed by atoms with van der Waals surface area (Å²) in [6, 6.07) is 4.48. The van der Waals surface area contributed by atoms with Crippen molar-refractivity contribution >= 4 is 11.6 Å². The maximum absolute atomic E-state index is 13.3. The molecule has 0 radical (unpaired) electrons. The molecule has 18 nitrogen and oxygen atoms in total. The minimum absolute atomic E-state index is 0. The first-order valence-corrected chi connectivity index (χ1v) is 47.5. The molecule has 640 valence electrons. The van der Waals surface area contributed by atoms with Crippen LogP contribution in [-0.4, -0.2) is 113 Å². The topological polar surface area (TPSA) is 251 Å². The van der Waals surface area contributed by atoms with Crippen molar-refractivity contribution < 1.29 is 43.8 Å². The molecule has 4 heterocycles. The third kappa shape index (κ3) is 15.7. The van der Waals surface area contributed by atoms with Crippen molar-refractivity contribution in [3.05, 3.63) is 54.0 Å². The minimum atomic E-state index is -0.447. The van der Waals surface area contributed by atoms with E-state index in [1.165, 1.54) is 183 Å². The van der Waals surface area contributed by atoms with Gasteiger partial charge in [0.2, 0.25) is 0 Å². The number of aliphatic hydroxyl groups is 4. The summed E-state index contributed by atoms with van der Waals surface area (Å²) in [7, 11) is 0. The van der Waals surface area contributed by atoms with E-state index in [0.717, 1.165) is 185 Å². The number of aromatic nitrogens is 9. The van der Waals surface area contributed by atoms with Crippen LogP contribution >= 0.6 is 0 Å². The molecule has 0 amide bonds. The standard InChI is InChI=1S/C26H41N3O3.2C24H37NO2.C22H34N4O2.CH4/c1-17(2)32-14-26-11-8-19(30)12-18(26)4-5-20-21-6-7-23(25(21,3)10-9-22(20)26)24(31)13-29-16-27-15-28-29;2*1-4-16-13-22(25-27-16)21-8-7-20-19-6-5-15-14-23(2,26)11-9-17(15)18(19)10-12-24(20,21)3;1-21(28)9-7-15-14(11-21)3-4-17-16(15)8-10-22(2)18(17)5-6-19(22)20(27)12-26-24-13-23-25-26;/h15-23,30H,4-14H2,1-3H3;2*13,15,17-21,26H,4-12,14H2,1-3H3;13-19,28H,3-12H2,1-2H3;1H4/t18-,19-,20+,21+,22+,23-,25+,26-;15-,17+,18-,19-,20+,21-,23-,24+;15-,17-,18+,19+,20-,21+,23+,24-;14-,15-,16+,17+,18-,19+,21+,22-;/m1100./s1. The number of hydrogen-bond donors (Lipinski definition) is 4. The Kier molecular flexibility index (Phi) is 24.1. The number of ether oxygens (including phenoxy) is 1. The first kappa shape index (κ1) is 84.4. The second-order valence-electron chi connectivity index (χ2n) is 44.5. The van der Waals surface area contributed by atoms with E-state index >= 15 is 0 Å². The number of ketones is 2. The van der Waals surface area contributed by atoms with Gasteiger partial charge in [0.25, 0.3) is 0 Å². The molecule has 32 atom stereocenters. The summed E-state index contributed by atoms with van der Waals surface area (Å²) in [5.74, 6) is 19.3. The smallest absolute Gasteiger partial charge is 0.162 e. The van der Waals surface area contributed by atoms with Crippen molar-refractivity contribution in [1.82, 2.24) is 45.3 Å². The highest BCUT2D eigenvalue weighted by Crippen LogP contribution is 2.72. The van der Waals surface area contributed by atoms with Gasteiger partial charge in [0.05, 0.1) is 47.0 Å². The van der Waals surface area contributed by atoms with Crippen molar-refractivity contribution in [2.45, 2.75) is 382 Å². The van der Waals surface area contributed by atoms with Gasteiger partial charge in [-0.15, -0.1) is 10.2 Å². The molecule has 0 aliphatic heterocycles. The molecule has 115 heavy (non-hydrogen) atoms. The Labute approximate surface area is 690 Å². The molecule has 4 N–H and O–H groups in total. The zero-order valence-corrected chi connectivity index (χ0v) is 72.2. The molecule has 16 fully saturated rings. The van der Waals surface area contributed by atoms with Gasteiger partial charge in [-0.25, -0.2) is 9.67 Å². The highest BCUT2D eigenvalue weighted by molar-refractivity contribution is 5.82. The first-order valence-electron chi connectivity index (χ1n) is 47.5. The molecule has 18 heteroatoms. The number of rotatable bonds is 13. The Morgan fingerprint density at radius 3 is 1.37 bits per heavy atom. The predicted octanol–water partition coefficient (Wildman–Crippen LogP) is 19.6. The summed E-state index contributed by atoms with van der Waals surface area (Å²) in [6.07, 6.45) is 50.0. The molecule has 0 spiro atoms. The Morgan fingerprint density at radius 1 is 0.478 bits per heavy atom. The minimum Gasteiger partial charge on any atom is -0.393 e. The van der Waals surface area contributed by atoms with Crippen LogP contribution in [0, 0.1) is 151 Å². The molecule has 0 aromatic carbocycles. The van der Waals surface area contributed by atoms with E-state index in [-0.39, 0.29) is 54.3 Å². The quantitative estimate of drug-likeness (QED) is 0.0971. The average Bonchev–Trinajstić information content (AvgIpc) is 1.68. The molecule has 0 saturated heterocycles. The Morgan fingerprint density at radius 2 is 0.922 bits per heavy atom. The van der Waals surface area contributed by atoms with Crippen molar-refractivity contribution in [2.75, 3.05) is 6.61 Å². The second kappa shape index (κ2) is 32.9. The number of nitrogens with zero attached hydrogens (tertiary/aromatic N) is 9. The number of fused-ring (bicyclic) bond motifs is 20. The van der Waals surface area contributed by atoms with E-state index in [1.807, 2.05) is 6.92 Å². The Balaban J connectivity index is 0.000000115. The van der Waals surface area contributed by atoms with E-state index in [9.17, 15) is 30.0 Å². The van der Waals surface area contributed by atoms with Crippen LogP contribution in [0.5, 0.6) is 0 Å². The van der Waals surface area contributed by atoms with Crippen molar-refractivity contribution in [1.29, 1.82) is 0 Å². The van der Waals surface area contributed by atoms with Crippen LogP contribution in [0.2, 0.25) is 0 Å². The van der Waals surface area contributed by atoms with Crippen LogP contribution in [0.4, 0.5) is 0 Å². The van der Waals surface area contributed by atoms with Crippen LogP contribution in [0.15, 0.2) is 40.2 Å². The third-order valence-electron chi connectivity index (χ3n) is 38.5. The molecule has 4 aromatic heterocycles. The van der Waals surface area contributed by atoms with Crippen LogP contribution in [0.1, 0.15) is 349 Å². The fraction of sp³-hybridized carbons (Fsp3) is 0.887. The van der Waals surface area contributed by atoms with E-state index < -0.39 is 16.8 Å². The molecular formula is C97H153N9O9. The van der Waals surface area contributed by atoms with Gasteiger partial charge >= 0.3 is 0 Å². The summed E-state index contributed by atoms with van der Waals surface area (Å²) < 4.78 is 19.2. The van der Waals surface area contributed by atoms with Gasteiger partial charge in [0.15, 0.2) is 17.9 Å². The Bertz CT molecular complexity index is 3810. The number of carbonyl (C=O) groups excluding carboxylic acids is 2. The van der Waals surface area contributed by atoms with E-state index in [2.05, 4.69) is 117 Å². The van der Waals surface area contributed by atoms with Crippen LogP contribution in [0.25, 0.3) is 0 Å². The molecule has 0 bridgehead atoms. The van der Waals surface area contributed by atoms with Gasteiger partial charge in [-0.3, -0.25) is 9.59 Å². The van der Waals surface area contributed by atoms with Crippen molar-refractivity contribution in [3.63, 3.8) is 0 Å². The number of hydrogen-bond acceptors (Lipinski definition) is 16. The van der Waals surface area contributed by atoms with Crippen LogP contribution < -0.4 is 0 Å². The number of Topliss-reactive ketones (excluding diaryl/α,β-unsaturated/α-hetero) is 2. The van der Waals surface area contributed by atoms with Crippen molar-refractivity contribution in [3.8, 4) is 0 Å². The number of aryl methyl sites for hydroxylation is 2. The second-order valence-corrected chi connectivity index (χ2v) is 44.5. The lowest BCUT2D eigenvalue weighted by atomic mass is 9.44. The van der Waals surface area contributed by atoms with Crippen molar-refractivity contribution in [2.24, 2.45) is 151 Å². The lowest BCUT2D eigenvalue weighted by molar-refractivity contribution is -0.170. The highest BCUT2D eigenvalue weighted by atomic mass is 16.5. The SMILES string of the molecule is C.CC(C)OC[C@]12CC[C@@H](O)C[C@H]1CC[C@H]1[C@@H]3CC[C@H](C(=O)Cn4cncn4)[C@@]3(C)CC[C@@H]12.CCc1cc([C@H]2CC[C@H]3[C@@H]4CC[C@@H]5C[C@](C)(O)CC[C@@H]5[C@H]4CC[C@]23C)no1.CCc1cc([C@H]2CC[C@H]3[C@@H]4CC[C@H]5C[C@](C)(O)CC[C@@H]5[C@H]4CC[C@]23C)no1.C[C@@]1(O)CC[C@H]2[C@@H](CC[C@@H]3[C@@H]2CC[C@]2(C)[C@@H](C(=O)Cn4ncnn4)CC[C@@H]32)C1. The number of tetrazole rings is 1. The lowest BCUT2D eigenvalue weighted by Crippen LogP contribution is -2.57. The van der Waals surface area contributed by atoms with Gasteiger partial charge < -0.3 is 34.2 Å². The predicted molar refractivity (Wildman–Crippen MR) is 445 cm³/mol. The molecular weight excluding hydrogens is 1440 g/mol. The first-order chi connectivity index (χ1) is 54.5. The monoisotopic (exact) mass is 1590 g/mol. The molecule has 0 unspecified atom stereocenters. The Hall–Kier alpha value is -4.23. The maximum Gasteiger partial charge on any atom is 0.162 e. The largest absolute Gasteiger partial charge is 0.393 e. The zero-order valence-electron chi connectivity index (χ0n) is 72.2. The molecule has 16 aliphatic rings. The molecule has 16 aliphatic carbocycles. The lowest BCUT2D eigenvalue weighted by Gasteiger charge is -2.61. The van der Waals surface area contributed by atoms with Crippen LogP contribution in [-0.2, 0) is 40.3 Å². The van der Waals surface area contributed by atoms with Crippen LogP contribution in [0.3, 0.4) is 0 Å². The summed E-state index contributed by atoms with van der Waals surface area (Å²) in [5.41, 5.74) is 2.51. The summed E-state index contributed by atoms with van der Waals surface area (Å²) >= 11 is 0. The normalized spacial score (nSPS) is 46.9. The maximum atomic E-state index is 13.3. The highest BCUT2D eigenvalue weighted by Gasteiger charge is 2.65. The molecule has 20 rings (SSSR count). The fourth-order valence-electron chi connectivity index (χ4n) is 33.3. The summed E-state index contributed by atoms with van der Waals surface area (Å²) in [4.78, 5) is 31.8. The van der Waals surface area contributed by atoms with E-state index in [4.69, 9.17) is 13.8 Å².